The Hall–Kier alpha value is -3.11. The molecule has 0 fully saturated rings. The first-order valence-electron chi connectivity index (χ1n) is 9.72. The van der Waals surface area contributed by atoms with Crippen LogP contribution in [-0.4, -0.2) is 22.0 Å². The molecule has 146 valence electrons. The minimum atomic E-state index is -0.126. The van der Waals surface area contributed by atoms with Crippen molar-refractivity contribution >= 4 is 28.5 Å². The zero-order chi connectivity index (χ0) is 20.1. The zero-order valence-corrected chi connectivity index (χ0v) is 16.8. The van der Waals surface area contributed by atoms with Crippen molar-refractivity contribution in [2.24, 2.45) is 0 Å². The number of rotatable bonds is 7. The third-order valence-electron chi connectivity index (χ3n) is 4.92. The Bertz CT molecular complexity index is 1120. The van der Waals surface area contributed by atoms with E-state index < -0.39 is 0 Å². The third kappa shape index (κ3) is 4.66. The summed E-state index contributed by atoms with van der Waals surface area (Å²) in [5, 5.41) is 3.52. The van der Waals surface area contributed by atoms with Gasteiger partial charge in [0.15, 0.2) is 0 Å². The van der Waals surface area contributed by atoms with Gasteiger partial charge in [0.2, 0.25) is 0 Å². The quantitative estimate of drug-likeness (QED) is 0.476. The van der Waals surface area contributed by atoms with Crippen LogP contribution in [0.15, 0.2) is 78.9 Å². The SMILES string of the molecule is O=C(NCCc1nc2ccccc2n1CCc1ccccc1)c1cccc(Cl)c1. The van der Waals surface area contributed by atoms with E-state index in [1.54, 1.807) is 24.3 Å². The number of hydrogen-bond acceptors (Lipinski definition) is 2. The number of nitrogens with zero attached hydrogens (tertiary/aromatic N) is 2. The number of hydrogen-bond donors (Lipinski definition) is 1. The largest absolute Gasteiger partial charge is 0.352 e. The van der Waals surface area contributed by atoms with Crippen LogP contribution in [0.4, 0.5) is 0 Å². The molecule has 0 radical (unpaired) electrons. The van der Waals surface area contributed by atoms with Crippen molar-refractivity contribution in [3.8, 4) is 0 Å². The average molecular weight is 404 g/mol. The van der Waals surface area contributed by atoms with Gasteiger partial charge in [-0.05, 0) is 42.3 Å². The van der Waals surface area contributed by atoms with E-state index in [-0.39, 0.29) is 5.91 Å². The van der Waals surface area contributed by atoms with E-state index in [0.717, 1.165) is 29.8 Å². The summed E-state index contributed by atoms with van der Waals surface area (Å²) in [6, 6.07) is 25.6. The van der Waals surface area contributed by atoms with Crippen LogP contribution >= 0.6 is 11.6 Å². The fourth-order valence-electron chi connectivity index (χ4n) is 3.47. The number of carbonyl (C=O) groups excluding carboxylic acids is 1. The standard InChI is InChI=1S/C24H22ClN3O/c25-20-10-6-9-19(17-20)24(29)26-15-13-23-27-21-11-4-5-12-22(21)28(23)16-14-18-7-2-1-3-8-18/h1-12,17H,13-16H2,(H,26,29). The Morgan fingerprint density at radius 1 is 0.931 bits per heavy atom. The lowest BCUT2D eigenvalue weighted by molar-refractivity contribution is 0.0954. The molecule has 5 heteroatoms. The minimum Gasteiger partial charge on any atom is -0.352 e. The van der Waals surface area contributed by atoms with Gasteiger partial charge in [-0.3, -0.25) is 4.79 Å². The molecule has 29 heavy (non-hydrogen) atoms. The van der Waals surface area contributed by atoms with Gasteiger partial charge in [0.25, 0.3) is 5.91 Å². The van der Waals surface area contributed by atoms with Gasteiger partial charge >= 0.3 is 0 Å². The van der Waals surface area contributed by atoms with E-state index in [2.05, 4.69) is 40.2 Å². The molecule has 4 nitrogen and oxygen atoms in total. The van der Waals surface area contributed by atoms with Gasteiger partial charge in [-0.25, -0.2) is 4.98 Å². The Kier molecular flexibility index (Phi) is 5.92. The zero-order valence-electron chi connectivity index (χ0n) is 16.0. The van der Waals surface area contributed by atoms with E-state index in [4.69, 9.17) is 16.6 Å². The van der Waals surface area contributed by atoms with Crippen molar-refractivity contribution in [2.45, 2.75) is 19.4 Å². The fourth-order valence-corrected chi connectivity index (χ4v) is 3.66. The van der Waals surface area contributed by atoms with Gasteiger partial charge < -0.3 is 9.88 Å². The lowest BCUT2D eigenvalue weighted by Gasteiger charge is -2.10. The molecule has 1 amide bonds. The van der Waals surface area contributed by atoms with Crippen LogP contribution < -0.4 is 5.32 Å². The number of amides is 1. The summed E-state index contributed by atoms with van der Waals surface area (Å²) in [6.07, 6.45) is 1.60. The van der Waals surface area contributed by atoms with Crippen molar-refractivity contribution in [3.63, 3.8) is 0 Å². The van der Waals surface area contributed by atoms with Crippen LogP contribution in [-0.2, 0) is 19.4 Å². The summed E-state index contributed by atoms with van der Waals surface area (Å²) >= 11 is 5.98. The summed E-state index contributed by atoms with van der Waals surface area (Å²) in [6.45, 7) is 1.36. The lowest BCUT2D eigenvalue weighted by Crippen LogP contribution is -2.26. The summed E-state index contributed by atoms with van der Waals surface area (Å²) in [5.74, 6) is 0.855. The molecule has 4 aromatic rings. The Morgan fingerprint density at radius 2 is 1.72 bits per heavy atom. The van der Waals surface area contributed by atoms with E-state index in [1.807, 2.05) is 24.3 Å². The molecule has 0 aliphatic heterocycles. The second-order valence-electron chi connectivity index (χ2n) is 6.92. The molecule has 0 spiro atoms. The molecule has 0 bridgehead atoms. The third-order valence-corrected chi connectivity index (χ3v) is 5.16. The van der Waals surface area contributed by atoms with Gasteiger partial charge in [0.1, 0.15) is 5.82 Å². The predicted molar refractivity (Wildman–Crippen MR) is 117 cm³/mol. The number of nitrogens with one attached hydrogen (secondary N) is 1. The van der Waals surface area contributed by atoms with Crippen molar-refractivity contribution in [3.05, 3.63) is 101 Å². The van der Waals surface area contributed by atoms with Crippen LogP contribution in [0.2, 0.25) is 5.02 Å². The molecule has 0 aliphatic rings. The number of aryl methyl sites for hydroxylation is 2. The van der Waals surface area contributed by atoms with Gasteiger partial charge in [-0.1, -0.05) is 60.1 Å². The second-order valence-corrected chi connectivity index (χ2v) is 7.36. The molecule has 0 atom stereocenters. The number of benzene rings is 3. The first-order valence-corrected chi connectivity index (χ1v) is 10.1. The number of halogens is 1. The van der Waals surface area contributed by atoms with Gasteiger partial charge in [-0.2, -0.15) is 0 Å². The van der Waals surface area contributed by atoms with Crippen molar-refractivity contribution in [1.82, 2.24) is 14.9 Å². The molecule has 4 rings (SSSR count). The summed E-state index contributed by atoms with van der Waals surface area (Å²) < 4.78 is 2.26. The predicted octanol–water partition coefficient (Wildman–Crippen LogP) is 4.90. The van der Waals surface area contributed by atoms with E-state index in [9.17, 15) is 4.79 Å². The fraction of sp³-hybridized carbons (Fsp3) is 0.167. The Morgan fingerprint density at radius 3 is 2.55 bits per heavy atom. The van der Waals surface area contributed by atoms with Gasteiger partial charge in [0, 0.05) is 30.1 Å². The van der Waals surface area contributed by atoms with Crippen LogP contribution in [0.5, 0.6) is 0 Å². The molecular formula is C24H22ClN3O. The molecule has 1 aromatic heterocycles. The lowest BCUT2D eigenvalue weighted by atomic mass is 10.1. The molecule has 0 aliphatic carbocycles. The van der Waals surface area contributed by atoms with Gasteiger partial charge in [-0.15, -0.1) is 0 Å². The first-order chi connectivity index (χ1) is 14.2. The van der Waals surface area contributed by atoms with Crippen molar-refractivity contribution in [2.75, 3.05) is 6.54 Å². The number of fused-ring (bicyclic) bond motifs is 1. The molecule has 0 saturated carbocycles. The topological polar surface area (TPSA) is 46.9 Å². The maximum absolute atomic E-state index is 12.4. The monoisotopic (exact) mass is 403 g/mol. The van der Waals surface area contributed by atoms with E-state index in [1.165, 1.54) is 5.56 Å². The van der Waals surface area contributed by atoms with Crippen LogP contribution in [0.1, 0.15) is 21.7 Å². The summed E-state index contributed by atoms with van der Waals surface area (Å²) in [7, 11) is 0. The molecule has 3 aromatic carbocycles. The Labute approximate surface area is 175 Å². The number of carbonyl (C=O) groups is 1. The minimum absolute atomic E-state index is 0.126. The smallest absolute Gasteiger partial charge is 0.251 e. The molecule has 0 unspecified atom stereocenters. The molecule has 1 heterocycles. The number of aromatic nitrogens is 2. The Balaban J connectivity index is 1.47. The number of para-hydroxylation sites is 2. The highest BCUT2D eigenvalue weighted by atomic mass is 35.5. The summed E-state index contributed by atoms with van der Waals surface area (Å²) in [4.78, 5) is 17.2. The number of imidazole rings is 1. The van der Waals surface area contributed by atoms with Gasteiger partial charge in [0.05, 0.1) is 11.0 Å². The van der Waals surface area contributed by atoms with Crippen molar-refractivity contribution in [1.29, 1.82) is 0 Å². The second kappa shape index (κ2) is 8.93. The highest BCUT2D eigenvalue weighted by Gasteiger charge is 2.11. The van der Waals surface area contributed by atoms with E-state index in [0.29, 0.717) is 23.6 Å². The van der Waals surface area contributed by atoms with Crippen LogP contribution in [0.25, 0.3) is 11.0 Å². The molecule has 1 N–H and O–H groups in total. The average Bonchev–Trinajstić information content (AvgIpc) is 3.10. The highest BCUT2D eigenvalue weighted by Crippen LogP contribution is 2.17. The van der Waals surface area contributed by atoms with Crippen LogP contribution in [0.3, 0.4) is 0 Å². The molecular weight excluding hydrogens is 382 g/mol. The van der Waals surface area contributed by atoms with Crippen molar-refractivity contribution < 1.29 is 4.79 Å². The molecule has 0 saturated heterocycles. The van der Waals surface area contributed by atoms with Crippen LogP contribution in [0, 0.1) is 0 Å². The van der Waals surface area contributed by atoms with E-state index >= 15 is 0 Å². The maximum atomic E-state index is 12.4. The first kappa shape index (κ1) is 19.2. The normalized spacial score (nSPS) is 10.9. The maximum Gasteiger partial charge on any atom is 0.251 e. The highest BCUT2D eigenvalue weighted by molar-refractivity contribution is 6.30. The summed E-state index contributed by atoms with van der Waals surface area (Å²) in [5.41, 5.74) is 3.97.